The zero-order chi connectivity index (χ0) is 20.4. The van der Waals surface area contributed by atoms with Crippen molar-refractivity contribution in [1.29, 1.82) is 0 Å². The topological polar surface area (TPSA) is 119 Å². The van der Waals surface area contributed by atoms with Crippen LogP contribution in [0.15, 0.2) is 23.3 Å². The predicted octanol–water partition coefficient (Wildman–Crippen LogP) is -0.327. The van der Waals surface area contributed by atoms with E-state index in [9.17, 15) is 24.6 Å². The summed E-state index contributed by atoms with van der Waals surface area (Å²) in [6.07, 6.45) is 0.468. The number of rotatable bonds is 1. The van der Waals surface area contributed by atoms with Crippen molar-refractivity contribution in [3.63, 3.8) is 0 Å². The minimum absolute atomic E-state index is 0.0873. The molecular formula is C20H22O8. The molecule has 150 valence electrons. The molecule has 5 aliphatic rings. The van der Waals surface area contributed by atoms with E-state index in [2.05, 4.69) is 0 Å². The molecule has 0 aromatic carbocycles. The average Bonchev–Trinajstić information content (AvgIpc) is 3.09. The van der Waals surface area contributed by atoms with E-state index >= 15 is 0 Å². The standard InChI is InChI=1S/C20H22O8/c1-8-6-20(25,16(24)26-4)17(2)9(8)5-10(21)19-7-27-18(3)13(19)15(23)28-14(18)11(22)12(17)19/h5-6,11-14,22,25H,7H2,1-4H3. The van der Waals surface area contributed by atoms with Crippen molar-refractivity contribution < 1.29 is 38.8 Å². The van der Waals surface area contributed by atoms with Crippen molar-refractivity contribution in [2.24, 2.45) is 22.7 Å². The van der Waals surface area contributed by atoms with E-state index in [1.807, 2.05) is 0 Å². The Kier molecular flexibility index (Phi) is 3.06. The molecule has 2 heterocycles. The van der Waals surface area contributed by atoms with E-state index in [0.717, 1.165) is 0 Å². The van der Waals surface area contributed by atoms with Crippen LogP contribution in [0.2, 0.25) is 0 Å². The number of fused-ring (bicyclic) bond motifs is 2. The zero-order valence-corrected chi connectivity index (χ0v) is 16.0. The molecule has 8 nitrogen and oxygen atoms in total. The van der Waals surface area contributed by atoms with E-state index in [4.69, 9.17) is 14.2 Å². The van der Waals surface area contributed by atoms with Gasteiger partial charge in [-0.15, -0.1) is 0 Å². The molecule has 5 rings (SSSR count). The SMILES string of the molecule is COC(=O)C1(O)C=C(C)C2=CC(=O)C34COC5(C)C(OC(=O)C53)C(O)C4C21C. The fourth-order valence-corrected chi connectivity index (χ4v) is 6.85. The van der Waals surface area contributed by atoms with Gasteiger partial charge in [-0.3, -0.25) is 9.59 Å². The molecule has 4 bridgehead atoms. The molecule has 8 unspecified atom stereocenters. The number of carbonyl (C=O) groups excluding carboxylic acids is 3. The van der Waals surface area contributed by atoms with E-state index in [0.29, 0.717) is 11.1 Å². The molecule has 1 spiro atoms. The molecule has 2 N–H and O–H groups in total. The number of esters is 2. The maximum Gasteiger partial charge on any atom is 0.342 e. The van der Waals surface area contributed by atoms with Crippen LogP contribution in [0, 0.1) is 22.7 Å². The van der Waals surface area contributed by atoms with Crippen LogP contribution in [0.4, 0.5) is 0 Å². The van der Waals surface area contributed by atoms with Crippen molar-refractivity contribution in [2.75, 3.05) is 13.7 Å². The summed E-state index contributed by atoms with van der Waals surface area (Å²) in [5.74, 6) is -3.71. The van der Waals surface area contributed by atoms with E-state index < -0.39 is 58.0 Å². The number of carbonyl (C=O) groups is 3. The highest BCUT2D eigenvalue weighted by Crippen LogP contribution is 2.72. The van der Waals surface area contributed by atoms with Gasteiger partial charge in [0.05, 0.1) is 25.2 Å². The number of aliphatic hydroxyl groups is 2. The highest BCUT2D eigenvalue weighted by atomic mass is 16.6. The Hall–Kier alpha value is -2.03. The van der Waals surface area contributed by atoms with Crippen molar-refractivity contribution in [1.82, 2.24) is 0 Å². The molecule has 3 aliphatic carbocycles. The predicted molar refractivity (Wildman–Crippen MR) is 91.6 cm³/mol. The van der Waals surface area contributed by atoms with E-state index in [1.165, 1.54) is 19.3 Å². The molecule has 2 saturated heterocycles. The number of hydrogen-bond acceptors (Lipinski definition) is 8. The Bertz CT molecular complexity index is 919. The molecule has 8 atom stereocenters. The third kappa shape index (κ3) is 1.46. The van der Waals surface area contributed by atoms with Gasteiger partial charge in [-0.05, 0) is 37.1 Å². The van der Waals surface area contributed by atoms with Gasteiger partial charge in [-0.25, -0.2) is 4.79 Å². The number of hydrogen-bond donors (Lipinski definition) is 2. The van der Waals surface area contributed by atoms with Gasteiger partial charge < -0.3 is 24.4 Å². The largest absolute Gasteiger partial charge is 0.467 e. The van der Waals surface area contributed by atoms with Gasteiger partial charge in [0.1, 0.15) is 11.5 Å². The Labute approximate surface area is 161 Å². The number of methoxy groups -OCH3 is 1. The fraction of sp³-hybridized carbons (Fsp3) is 0.650. The van der Waals surface area contributed by atoms with Crippen LogP contribution in [0.25, 0.3) is 0 Å². The lowest BCUT2D eigenvalue weighted by Gasteiger charge is -2.57. The van der Waals surface area contributed by atoms with Gasteiger partial charge in [0.2, 0.25) is 0 Å². The summed E-state index contributed by atoms with van der Waals surface area (Å²) in [6, 6.07) is 0. The summed E-state index contributed by atoms with van der Waals surface area (Å²) in [5, 5.41) is 22.8. The van der Waals surface area contributed by atoms with Crippen LogP contribution < -0.4 is 0 Å². The molecule has 0 radical (unpaired) electrons. The summed E-state index contributed by atoms with van der Waals surface area (Å²) in [6.45, 7) is 4.91. The molecule has 28 heavy (non-hydrogen) atoms. The fourth-order valence-electron chi connectivity index (χ4n) is 6.85. The first-order valence-corrected chi connectivity index (χ1v) is 9.30. The normalized spacial score (nSPS) is 53.2. The van der Waals surface area contributed by atoms with Crippen LogP contribution in [0.5, 0.6) is 0 Å². The third-order valence-corrected chi connectivity index (χ3v) is 8.02. The van der Waals surface area contributed by atoms with Crippen molar-refractivity contribution >= 4 is 17.7 Å². The first-order valence-electron chi connectivity index (χ1n) is 9.30. The number of aliphatic hydroxyl groups excluding tert-OH is 1. The van der Waals surface area contributed by atoms with Crippen molar-refractivity contribution in [2.45, 2.75) is 44.2 Å². The molecule has 0 amide bonds. The minimum Gasteiger partial charge on any atom is -0.467 e. The summed E-state index contributed by atoms with van der Waals surface area (Å²) in [7, 11) is 1.17. The van der Waals surface area contributed by atoms with Gasteiger partial charge in [-0.2, -0.15) is 0 Å². The highest BCUT2D eigenvalue weighted by molar-refractivity contribution is 6.04. The molecule has 2 aliphatic heterocycles. The van der Waals surface area contributed by atoms with Gasteiger partial charge in [-0.1, -0.05) is 6.92 Å². The van der Waals surface area contributed by atoms with Crippen molar-refractivity contribution in [3.8, 4) is 0 Å². The summed E-state index contributed by atoms with van der Waals surface area (Å²) >= 11 is 0. The molecule has 0 aromatic heterocycles. The second-order valence-electron chi connectivity index (χ2n) is 8.98. The van der Waals surface area contributed by atoms with Gasteiger partial charge in [0.25, 0.3) is 0 Å². The van der Waals surface area contributed by atoms with Crippen molar-refractivity contribution in [3.05, 3.63) is 23.3 Å². The second-order valence-corrected chi connectivity index (χ2v) is 8.98. The smallest absolute Gasteiger partial charge is 0.342 e. The Morgan fingerprint density at radius 2 is 2.00 bits per heavy atom. The van der Waals surface area contributed by atoms with Crippen LogP contribution in [-0.2, 0) is 28.6 Å². The monoisotopic (exact) mass is 390 g/mol. The van der Waals surface area contributed by atoms with E-state index in [-0.39, 0.29) is 12.4 Å². The first kappa shape index (κ1) is 18.0. The molecule has 0 aromatic rings. The lowest BCUT2D eigenvalue weighted by molar-refractivity contribution is -0.196. The van der Waals surface area contributed by atoms with Crippen LogP contribution in [0.3, 0.4) is 0 Å². The number of ether oxygens (including phenoxy) is 3. The zero-order valence-electron chi connectivity index (χ0n) is 16.0. The van der Waals surface area contributed by atoms with Gasteiger partial charge >= 0.3 is 11.9 Å². The quantitative estimate of drug-likeness (QED) is 0.585. The first-order chi connectivity index (χ1) is 13.0. The van der Waals surface area contributed by atoms with Gasteiger partial charge in [0.15, 0.2) is 17.5 Å². The summed E-state index contributed by atoms with van der Waals surface area (Å²) in [5.41, 5.74) is -5.03. The van der Waals surface area contributed by atoms with Crippen LogP contribution in [0.1, 0.15) is 20.8 Å². The molecule has 1 saturated carbocycles. The Balaban J connectivity index is 1.83. The number of allylic oxidation sites excluding steroid dienone is 2. The molecule has 8 heteroatoms. The molecule has 3 fully saturated rings. The van der Waals surface area contributed by atoms with E-state index in [1.54, 1.807) is 20.8 Å². The maximum absolute atomic E-state index is 13.4. The highest BCUT2D eigenvalue weighted by Gasteiger charge is 2.84. The summed E-state index contributed by atoms with van der Waals surface area (Å²) in [4.78, 5) is 38.8. The second kappa shape index (κ2) is 4.75. The lowest BCUT2D eigenvalue weighted by Crippen LogP contribution is -2.70. The van der Waals surface area contributed by atoms with Crippen LogP contribution >= 0.6 is 0 Å². The average molecular weight is 390 g/mol. The summed E-state index contributed by atoms with van der Waals surface area (Å²) < 4.78 is 16.2. The number of ketones is 1. The lowest BCUT2D eigenvalue weighted by atomic mass is 9.43. The minimum atomic E-state index is -2.10. The molecular weight excluding hydrogens is 368 g/mol. The Morgan fingerprint density at radius 1 is 1.32 bits per heavy atom. The third-order valence-electron chi connectivity index (χ3n) is 8.02. The maximum atomic E-state index is 13.4. The van der Waals surface area contributed by atoms with Gasteiger partial charge in [0, 0.05) is 11.3 Å². The Morgan fingerprint density at radius 3 is 2.64 bits per heavy atom. The van der Waals surface area contributed by atoms with Crippen LogP contribution in [-0.4, -0.2) is 65.1 Å².